The molecule has 1 heterocycles. The number of hydrogen-bond donors (Lipinski definition) is 1. The molecule has 0 saturated carbocycles. The first kappa shape index (κ1) is 12.0. The minimum atomic E-state index is 0.00824. The van der Waals surface area contributed by atoms with Crippen LogP contribution in [-0.4, -0.2) is 23.3 Å². The van der Waals surface area contributed by atoms with Crippen molar-refractivity contribution in [2.45, 2.75) is 77.7 Å². The molecule has 0 amide bonds. The Morgan fingerprint density at radius 1 is 1.07 bits per heavy atom. The quantitative estimate of drug-likeness (QED) is 0.738. The summed E-state index contributed by atoms with van der Waals surface area (Å²) in [7, 11) is 0. The first-order valence-corrected chi connectivity index (χ1v) is 5.66. The van der Waals surface area contributed by atoms with E-state index in [1.807, 2.05) is 0 Å². The Morgan fingerprint density at radius 2 is 1.50 bits per heavy atom. The van der Waals surface area contributed by atoms with Crippen LogP contribution in [0.2, 0.25) is 0 Å². The van der Waals surface area contributed by atoms with E-state index in [0.29, 0.717) is 12.1 Å². The van der Waals surface area contributed by atoms with Gasteiger partial charge in [0.25, 0.3) is 0 Å². The average Bonchev–Trinajstić information content (AvgIpc) is 1.74. The second kappa shape index (κ2) is 3.82. The third-order valence-corrected chi connectivity index (χ3v) is 2.60. The molecule has 1 fully saturated rings. The maximum atomic E-state index is 6.03. The Kier molecular flexibility index (Phi) is 3.27. The summed E-state index contributed by atoms with van der Waals surface area (Å²) in [5.41, 5.74) is 0.0165. The van der Waals surface area contributed by atoms with Gasteiger partial charge in [0.15, 0.2) is 0 Å². The van der Waals surface area contributed by atoms with E-state index in [1.165, 1.54) is 0 Å². The van der Waals surface area contributed by atoms with Gasteiger partial charge in [-0.25, -0.2) is 0 Å². The van der Waals surface area contributed by atoms with Gasteiger partial charge >= 0.3 is 0 Å². The summed E-state index contributed by atoms with van der Waals surface area (Å²) < 4.78 is 6.03. The van der Waals surface area contributed by atoms with Crippen molar-refractivity contribution in [3.05, 3.63) is 0 Å². The van der Waals surface area contributed by atoms with Gasteiger partial charge in [-0.2, -0.15) is 0 Å². The Hall–Kier alpha value is -0.0800. The third kappa shape index (κ3) is 3.58. The van der Waals surface area contributed by atoms with Crippen molar-refractivity contribution in [2.24, 2.45) is 0 Å². The maximum Gasteiger partial charge on any atom is 0.0648 e. The van der Waals surface area contributed by atoms with Gasteiger partial charge in [-0.15, -0.1) is 0 Å². The van der Waals surface area contributed by atoms with Crippen LogP contribution in [0, 0.1) is 0 Å². The Bertz CT molecular complexity index is 180. The van der Waals surface area contributed by atoms with E-state index in [9.17, 15) is 0 Å². The van der Waals surface area contributed by atoms with E-state index in [-0.39, 0.29) is 11.2 Å². The highest BCUT2D eigenvalue weighted by Crippen LogP contribution is 2.34. The lowest BCUT2D eigenvalue weighted by molar-refractivity contribution is -0.164. The van der Waals surface area contributed by atoms with Crippen LogP contribution >= 0.6 is 0 Å². The van der Waals surface area contributed by atoms with Crippen LogP contribution in [0.15, 0.2) is 0 Å². The summed E-state index contributed by atoms with van der Waals surface area (Å²) in [5, 5.41) is 3.61. The predicted octanol–water partition coefficient (Wildman–Crippen LogP) is 2.72. The summed E-state index contributed by atoms with van der Waals surface area (Å²) in [4.78, 5) is 0. The Balaban J connectivity index is 2.62. The molecule has 0 aromatic heterocycles. The highest BCUT2D eigenvalue weighted by atomic mass is 16.5. The molecule has 1 N–H and O–H groups in total. The third-order valence-electron chi connectivity index (χ3n) is 2.60. The van der Waals surface area contributed by atoms with Gasteiger partial charge in [0.1, 0.15) is 0 Å². The van der Waals surface area contributed by atoms with Crippen LogP contribution in [-0.2, 0) is 4.74 Å². The minimum Gasteiger partial charge on any atom is -0.370 e. The highest BCUT2D eigenvalue weighted by Gasteiger charge is 2.39. The van der Waals surface area contributed by atoms with Crippen molar-refractivity contribution >= 4 is 0 Å². The van der Waals surface area contributed by atoms with E-state index < -0.39 is 0 Å². The number of rotatable bonds is 2. The van der Waals surface area contributed by atoms with Crippen molar-refractivity contribution in [2.75, 3.05) is 0 Å². The van der Waals surface area contributed by atoms with Crippen molar-refractivity contribution in [3.8, 4) is 0 Å². The summed E-state index contributed by atoms with van der Waals surface area (Å²) in [6.45, 7) is 13.1. The highest BCUT2D eigenvalue weighted by molar-refractivity contribution is 4.92. The topological polar surface area (TPSA) is 21.3 Å². The molecular weight excluding hydrogens is 174 g/mol. The molecule has 84 valence electrons. The van der Waals surface area contributed by atoms with Crippen molar-refractivity contribution in [1.29, 1.82) is 0 Å². The molecule has 1 aliphatic heterocycles. The molecule has 0 aromatic carbocycles. The van der Waals surface area contributed by atoms with Crippen LogP contribution < -0.4 is 5.32 Å². The first-order valence-electron chi connectivity index (χ1n) is 5.66. The number of hydrogen-bond acceptors (Lipinski definition) is 2. The maximum absolute atomic E-state index is 6.03. The van der Waals surface area contributed by atoms with E-state index in [4.69, 9.17) is 4.74 Å². The second-order valence-corrected chi connectivity index (χ2v) is 6.05. The molecule has 0 bridgehead atoms. The predicted molar refractivity (Wildman–Crippen MR) is 60.5 cm³/mol. The van der Waals surface area contributed by atoms with Gasteiger partial charge in [-0.3, -0.25) is 0 Å². The molecule has 0 aliphatic carbocycles. The summed E-state index contributed by atoms with van der Waals surface area (Å²) in [6.07, 6.45) is 2.21. The van der Waals surface area contributed by atoms with Crippen LogP contribution in [0.4, 0.5) is 0 Å². The van der Waals surface area contributed by atoms with Crippen LogP contribution in [0.3, 0.4) is 0 Å². The number of nitrogens with one attached hydrogen (secondary N) is 1. The normalized spacial score (nSPS) is 26.8. The zero-order valence-corrected chi connectivity index (χ0v) is 10.5. The van der Waals surface area contributed by atoms with Crippen LogP contribution in [0.1, 0.15) is 54.4 Å². The lowest BCUT2D eigenvalue weighted by atomic mass is 9.85. The molecule has 2 nitrogen and oxygen atoms in total. The fourth-order valence-electron chi connectivity index (χ4n) is 2.68. The molecule has 14 heavy (non-hydrogen) atoms. The van der Waals surface area contributed by atoms with Crippen LogP contribution in [0.5, 0.6) is 0 Å². The molecule has 1 saturated heterocycles. The zero-order chi connectivity index (χ0) is 11.0. The molecule has 0 radical (unpaired) electrons. The summed E-state index contributed by atoms with van der Waals surface area (Å²) >= 11 is 0. The largest absolute Gasteiger partial charge is 0.370 e. The van der Waals surface area contributed by atoms with Gasteiger partial charge in [-0.1, -0.05) is 13.8 Å². The fourth-order valence-corrected chi connectivity index (χ4v) is 2.68. The van der Waals surface area contributed by atoms with Crippen molar-refractivity contribution in [1.82, 2.24) is 5.32 Å². The van der Waals surface area contributed by atoms with Gasteiger partial charge in [-0.05, 0) is 40.5 Å². The molecule has 1 rings (SSSR count). The van der Waals surface area contributed by atoms with Crippen LogP contribution in [0.25, 0.3) is 0 Å². The Morgan fingerprint density at radius 3 is 1.86 bits per heavy atom. The molecule has 0 atom stereocenters. The lowest BCUT2D eigenvalue weighted by Crippen LogP contribution is -2.53. The standard InChI is InChI=1S/C12H25NO/c1-9(2)13-10-7-11(3,4)14-12(5,6)8-10/h9-10,13H,7-8H2,1-6H3. The van der Waals surface area contributed by atoms with Gasteiger partial charge in [0, 0.05) is 12.1 Å². The van der Waals surface area contributed by atoms with Gasteiger partial charge in [0.05, 0.1) is 11.2 Å². The molecule has 1 aliphatic rings. The molecule has 0 unspecified atom stereocenters. The van der Waals surface area contributed by atoms with E-state index in [0.717, 1.165) is 12.8 Å². The zero-order valence-electron chi connectivity index (χ0n) is 10.5. The minimum absolute atomic E-state index is 0.00824. The second-order valence-electron chi connectivity index (χ2n) is 6.05. The Labute approximate surface area is 88.4 Å². The lowest BCUT2D eigenvalue weighted by Gasteiger charge is -2.46. The molecule has 0 aromatic rings. The van der Waals surface area contributed by atoms with Crippen molar-refractivity contribution < 1.29 is 4.74 Å². The molecular formula is C12H25NO. The first-order chi connectivity index (χ1) is 6.20. The van der Waals surface area contributed by atoms with Crippen molar-refractivity contribution in [3.63, 3.8) is 0 Å². The van der Waals surface area contributed by atoms with E-state index >= 15 is 0 Å². The van der Waals surface area contributed by atoms with E-state index in [1.54, 1.807) is 0 Å². The fraction of sp³-hybridized carbons (Fsp3) is 1.00. The number of ether oxygens (including phenoxy) is 1. The summed E-state index contributed by atoms with van der Waals surface area (Å²) in [6, 6.07) is 1.15. The SMILES string of the molecule is CC(C)NC1CC(C)(C)OC(C)(C)C1. The smallest absolute Gasteiger partial charge is 0.0648 e. The van der Waals surface area contributed by atoms with E-state index in [2.05, 4.69) is 46.9 Å². The van der Waals surface area contributed by atoms with Gasteiger partial charge in [0.2, 0.25) is 0 Å². The molecule has 0 spiro atoms. The summed E-state index contributed by atoms with van der Waals surface area (Å²) in [5.74, 6) is 0. The van der Waals surface area contributed by atoms with Gasteiger partial charge < -0.3 is 10.1 Å². The average molecular weight is 199 g/mol. The monoisotopic (exact) mass is 199 g/mol. The molecule has 2 heteroatoms.